The lowest BCUT2D eigenvalue weighted by Crippen LogP contribution is -2.34. The van der Waals surface area contributed by atoms with Crippen LogP contribution in [0.4, 0.5) is 0 Å². The number of hydrogen-bond donors (Lipinski definition) is 1. The molecular formula is C12H21N3O. The molecule has 4 nitrogen and oxygen atoms in total. The van der Waals surface area contributed by atoms with Crippen molar-refractivity contribution < 1.29 is 4.79 Å². The molecule has 0 unspecified atom stereocenters. The lowest BCUT2D eigenvalue weighted by atomic mass is 10.0. The van der Waals surface area contributed by atoms with Gasteiger partial charge in [-0.2, -0.15) is 0 Å². The summed E-state index contributed by atoms with van der Waals surface area (Å²) < 4.78 is 0. The van der Waals surface area contributed by atoms with E-state index in [-0.39, 0.29) is 5.91 Å². The highest BCUT2D eigenvalue weighted by molar-refractivity contribution is 5.88. The van der Waals surface area contributed by atoms with Crippen LogP contribution in [0, 0.1) is 5.92 Å². The molecule has 0 radical (unpaired) electrons. The minimum atomic E-state index is 0.0805. The van der Waals surface area contributed by atoms with E-state index in [2.05, 4.69) is 24.2 Å². The Bertz CT molecular complexity index is 318. The number of allylic oxidation sites excluding steroid dienone is 1. The number of nitrogens with zero attached hydrogens (tertiary/aromatic N) is 2. The van der Waals surface area contributed by atoms with E-state index in [9.17, 15) is 4.79 Å². The zero-order valence-electron chi connectivity index (χ0n) is 10.6. The second-order valence-electron chi connectivity index (χ2n) is 4.38. The monoisotopic (exact) mass is 223 g/mol. The molecule has 0 spiro atoms. The summed E-state index contributed by atoms with van der Waals surface area (Å²) in [5.41, 5.74) is 2.22. The number of nitrogens with one attached hydrogen (secondary N) is 1. The first kappa shape index (κ1) is 12.9. The van der Waals surface area contributed by atoms with Crippen molar-refractivity contribution in [1.82, 2.24) is 10.2 Å². The van der Waals surface area contributed by atoms with Crippen molar-refractivity contribution in [3.63, 3.8) is 0 Å². The minimum Gasteiger partial charge on any atom is -0.317 e. The molecule has 0 aliphatic carbocycles. The maximum atomic E-state index is 11.6. The number of carbonyl (C=O) groups is 1. The molecule has 1 rings (SSSR count). The van der Waals surface area contributed by atoms with Crippen molar-refractivity contribution in [3.05, 3.63) is 11.9 Å². The second-order valence-corrected chi connectivity index (χ2v) is 4.38. The molecule has 1 amide bonds. The minimum absolute atomic E-state index is 0.0805. The molecule has 0 aromatic rings. The summed E-state index contributed by atoms with van der Waals surface area (Å²) in [5, 5.41) is 2.86. The van der Waals surface area contributed by atoms with E-state index < -0.39 is 0 Å². The molecule has 4 heteroatoms. The quantitative estimate of drug-likeness (QED) is 0.783. The Morgan fingerprint density at radius 3 is 2.69 bits per heavy atom. The molecule has 90 valence electrons. The Morgan fingerprint density at radius 2 is 2.25 bits per heavy atom. The summed E-state index contributed by atoms with van der Waals surface area (Å²) in [7, 11) is 3.58. The van der Waals surface area contributed by atoms with Gasteiger partial charge in [-0.3, -0.25) is 9.79 Å². The van der Waals surface area contributed by atoms with Gasteiger partial charge in [0, 0.05) is 24.7 Å². The zero-order valence-corrected chi connectivity index (χ0v) is 10.6. The van der Waals surface area contributed by atoms with Gasteiger partial charge < -0.3 is 10.2 Å². The van der Waals surface area contributed by atoms with Crippen molar-refractivity contribution in [2.45, 2.75) is 26.7 Å². The van der Waals surface area contributed by atoms with Crippen molar-refractivity contribution in [2.75, 3.05) is 20.6 Å². The van der Waals surface area contributed by atoms with Crippen LogP contribution in [0.15, 0.2) is 16.9 Å². The number of rotatable bonds is 4. The van der Waals surface area contributed by atoms with E-state index in [1.165, 1.54) is 5.71 Å². The molecule has 0 atom stereocenters. The summed E-state index contributed by atoms with van der Waals surface area (Å²) in [6, 6.07) is 0. The van der Waals surface area contributed by atoms with Crippen LogP contribution in [-0.2, 0) is 4.79 Å². The molecule has 0 fully saturated rings. The highest BCUT2D eigenvalue weighted by atomic mass is 16.2. The molecule has 16 heavy (non-hydrogen) atoms. The average Bonchev–Trinajstić information content (AvgIpc) is 2.28. The second kappa shape index (κ2) is 5.80. The Labute approximate surface area is 97.4 Å². The number of hydrogen-bond acceptors (Lipinski definition) is 3. The first-order valence-electron chi connectivity index (χ1n) is 5.73. The molecule has 1 aliphatic heterocycles. The zero-order chi connectivity index (χ0) is 12.1. The van der Waals surface area contributed by atoms with E-state index in [4.69, 9.17) is 0 Å². The number of amides is 1. The Kier molecular flexibility index (Phi) is 4.68. The van der Waals surface area contributed by atoms with Crippen LogP contribution in [0.3, 0.4) is 0 Å². The van der Waals surface area contributed by atoms with Crippen molar-refractivity contribution in [3.8, 4) is 0 Å². The number of carbonyl (C=O) groups excluding carboxylic acids is 1. The standard InChI is InChI=1S/C12H21N3O/c1-9(2)11-6-5-10(7-14-11)15(4)12(16)8-13-3/h7,9,13H,5-6,8H2,1-4H3. The molecule has 1 heterocycles. The molecule has 0 aromatic heterocycles. The van der Waals surface area contributed by atoms with Gasteiger partial charge in [-0.25, -0.2) is 0 Å². The largest absolute Gasteiger partial charge is 0.317 e. The predicted octanol–water partition coefficient (Wildman–Crippen LogP) is 1.40. The first-order valence-corrected chi connectivity index (χ1v) is 5.73. The number of likely N-dealkylation sites (N-methyl/N-ethyl adjacent to an activating group) is 2. The fraction of sp³-hybridized carbons (Fsp3) is 0.667. The third kappa shape index (κ3) is 3.17. The van der Waals surface area contributed by atoms with Gasteiger partial charge in [-0.15, -0.1) is 0 Å². The van der Waals surface area contributed by atoms with Gasteiger partial charge in [0.05, 0.1) is 6.54 Å². The predicted molar refractivity (Wildman–Crippen MR) is 66.3 cm³/mol. The van der Waals surface area contributed by atoms with Crippen LogP contribution in [-0.4, -0.2) is 37.2 Å². The highest BCUT2D eigenvalue weighted by Gasteiger charge is 2.17. The topological polar surface area (TPSA) is 44.7 Å². The highest BCUT2D eigenvalue weighted by Crippen LogP contribution is 2.18. The Balaban J connectivity index is 2.66. The maximum absolute atomic E-state index is 11.6. The summed E-state index contributed by atoms with van der Waals surface area (Å²) in [4.78, 5) is 17.7. The van der Waals surface area contributed by atoms with Crippen LogP contribution in [0.5, 0.6) is 0 Å². The van der Waals surface area contributed by atoms with E-state index in [0.717, 1.165) is 18.5 Å². The third-order valence-electron chi connectivity index (χ3n) is 2.82. The van der Waals surface area contributed by atoms with Gasteiger partial charge in [0.1, 0.15) is 0 Å². The van der Waals surface area contributed by atoms with Crippen molar-refractivity contribution in [1.29, 1.82) is 0 Å². The van der Waals surface area contributed by atoms with E-state index in [0.29, 0.717) is 12.5 Å². The van der Waals surface area contributed by atoms with Gasteiger partial charge in [-0.1, -0.05) is 13.8 Å². The summed E-state index contributed by atoms with van der Waals surface area (Å²) in [5.74, 6) is 0.577. The SMILES string of the molecule is CNCC(=O)N(C)C1=CN=C(C(C)C)CC1. The fourth-order valence-corrected chi connectivity index (χ4v) is 1.66. The van der Waals surface area contributed by atoms with E-state index in [1.807, 2.05) is 6.20 Å². The van der Waals surface area contributed by atoms with Crippen LogP contribution >= 0.6 is 0 Å². The molecular weight excluding hydrogens is 202 g/mol. The normalized spacial score (nSPS) is 15.8. The summed E-state index contributed by atoms with van der Waals surface area (Å²) in [6.45, 7) is 4.66. The van der Waals surface area contributed by atoms with Gasteiger partial charge in [0.25, 0.3) is 0 Å². The van der Waals surface area contributed by atoms with Gasteiger partial charge in [0.15, 0.2) is 0 Å². The molecule has 0 saturated carbocycles. The van der Waals surface area contributed by atoms with E-state index >= 15 is 0 Å². The molecule has 0 saturated heterocycles. The molecule has 0 aromatic carbocycles. The summed E-state index contributed by atoms with van der Waals surface area (Å²) >= 11 is 0. The van der Waals surface area contributed by atoms with Crippen LogP contribution in [0.2, 0.25) is 0 Å². The molecule has 1 N–H and O–H groups in total. The number of aliphatic imine (C=N–C) groups is 1. The Hall–Kier alpha value is -1.16. The fourth-order valence-electron chi connectivity index (χ4n) is 1.66. The Morgan fingerprint density at radius 1 is 1.56 bits per heavy atom. The summed E-state index contributed by atoms with van der Waals surface area (Å²) in [6.07, 6.45) is 3.69. The van der Waals surface area contributed by atoms with Crippen molar-refractivity contribution >= 4 is 11.6 Å². The van der Waals surface area contributed by atoms with E-state index in [1.54, 1.807) is 19.0 Å². The smallest absolute Gasteiger partial charge is 0.240 e. The van der Waals surface area contributed by atoms with Crippen LogP contribution in [0.25, 0.3) is 0 Å². The average molecular weight is 223 g/mol. The lowest BCUT2D eigenvalue weighted by molar-refractivity contribution is -0.127. The first-order chi connectivity index (χ1) is 7.56. The van der Waals surface area contributed by atoms with Gasteiger partial charge in [-0.05, 0) is 25.8 Å². The van der Waals surface area contributed by atoms with Gasteiger partial charge >= 0.3 is 0 Å². The van der Waals surface area contributed by atoms with Crippen LogP contribution < -0.4 is 5.32 Å². The molecule has 0 bridgehead atoms. The maximum Gasteiger partial charge on any atom is 0.240 e. The third-order valence-corrected chi connectivity index (χ3v) is 2.82. The van der Waals surface area contributed by atoms with Crippen molar-refractivity contribution in [2.24, 2.45) is 10.9 Å². The van der Waals surface area contributed by atoms with Crippen LogP contribution in [0.1, 0.15) is 26.7 Å². The lowest BCUT2D eigenvalue weighted by Gasteiger charge is -2.23. The molecule has 1 aliphatic rings. The van der Waals surface area contributed by atoms with Gasteiger partial charge in [0.2, 0.25) is 5.91 Å².